The number of likely N-dealkylation sites (tertiary alicyclic amines) is 1. The monoisotopic (exact) mass is 456 g/mol. The number of nitrogens with one attached hydrogen (secondary N) is 1. The number of methoxy groups -OCH3 is 1. The molecule has 1 fully saturated rings. The van der Waals surface area contributed by atoms with Gasteiger partial charge >= 0.3 is 0 Å². The van der Waals surface area contributed by atoms with E-state index in [9.17, 15) is 10.4 Å². The number of pyridine rings is 1. The number of hydrogen-bond acceptors (Lipinski definition) is 6. The summed E-state index contributed by atoms with van der Waals surface area (Å²) in [4.78, 5) is 6.75. The highest BCUT2D eigenvalue weighted by atomic mass is 35.5. The number of aromatic nitrogens is 1. The Kier molecular flexibility index (Phi) is 6.49. The third-order valence-electron chi connectivity index (χ3n) is 5.46. The van der Waals surface area contributed by atoms with Gasteiger partial charge in [-0.2, -0.15) is 5.26 Å². The van der Waals surface area contributed by atoms with E-state index in [4.69, 9.17) is 27.9 Å². The lowest BCUT2D eigenvalue weighted by molar-refractivity contribution is 0.175. The fourth-order valence-electron chi connectivity index (χ4n) is 3.90. The van der Waals surface area contributed by atoms with Gasteiger partial charge in [-0.1, -0.05) is 29.3 Å². The second kappa shape index (κ2) is 9.29. The number of rotatable bonds is 6. The number of aliphatic hydroxyl groups is 1. The topological polar surface area (TPSA) is 81.4 Å². The van der Waals surface area contributed by atoms with Crippen molar-refractivity contribution in [3.63, 3.8) is 0 Å². The van der Waals surface area contributed by atoms with Crippen molar-refractivity contribution >= 4 is 39.8 Å². The predicted octanol–water partition coefficient (Wildman–Crippen LogP) is 4.60. The van der Waals surface area contributed by atoms with Gasteiger partial charge < -0.3 is 15.2 Å². The van der Waals surface area contributed by atoms with Crippen LogP contribution in [0.25, 0.3) is 10.9 Å². The van der Waals surface area contributed by atoms with E-state index in [1.807, 2.05) is 24.4 Å². The summed E-state index contributed by atoms with van der Waals surface area (Å²) in [6.07, 6.45) is 2.28. The van der Waals surface area contributed by atoms with E-state index in [1.165, 1.54) is 0 Å². The van der Waals surface area contributed by atoms with Crippen LogP contribution in [0, 0.1) is 11.3 Å². The summed E-state index contributed by atoms with van der Waals surface area (Å²) < 4.78 is 5.23. The van der Waals surface area contributed by atoms with Gasteiger partial charge in [-0.3, -0.25) is 9.88 Å². The number of ether oxygens (including phenoxy) is 1. The van der Waals surface area contributed by atoms with Crippen molar-refractivity contribution in [3.05, 3.63) is 63.3 Å². The van der Waals surface area contributed by atoms with Gasteiger partial charge in [0.2, 0.25) is 0 Å². The second-order valence-electron chi connectivity index (χ2n) is 7.62. The largest absolute Gasteiger partial charge is 0.495 e. The molecule has 2 aromatic carbocycles. The number of halogens is 2. The van der Waals surface area contributed by atoms with E-state index in [2.05, 4.69) is 21.3 Å². The Balaban J connectivity index is 1.72. The van der Waals surface area contributed by atoms with Gasteiger partial charge in [-0.25, -0.2) is 0 Å². The van der Waals surface area contributed by atoms with Crippen LogP contribution in [-0.2, 0) is 13.1 Å². The summed E-state index contributed by atoms with van der Waals surface area (Å²) >= 11 is 12.7. The first-order valence-corrected chi connectivity index (χ1v) is 10.7. The number of aliphatic hydroxyl groups excluding tert-OH is 1. The van der Waals surface area contributed by atoms with Gasteiger partial charge in [0.1, 0.15) is 5.75 Å². The van der Waals surface area contributed by atoms with E-state index in [0.717, 1.165) is 35.2 Å². The molecular weight excluding hydrogens is 435 g/mol. The minimum atomic E-state index is -0.300. The summed E-state index contributed by atoms with van der Waals surface area (Å²) in [6, 6.07) is 11.2. The molecule has 2 heterocycles. The number of anilines is 1. The maximum Gasteiger partial charge on any atom is 0.137 e. The molecule has 1 atom stereocenters. The molecule has 0 radical (unpaired) electrons. The molecule has 8 heteroatoms. The Hall–Kier alpha value is -2.56. The Morgan fingerprint density at radius 1 is 1.29 bits per heavy atom. The van der Waals surface area contributed by atoms with Crippen molar-refractivity contribution in [1.29, 1.82) is 5.26 Å². The molecule has 4 rings (SSSR count). The molecule has 31 heavy (non-hydrogen) atoms. The van der Waals surface area contributed by atoms with E-state index >= 15 is 0 Å². The number of β-amino-alcohol motifs (C(OH)–C–C–N with tert-alkyl or cyclic N) is 1. The maximum atomic E-state index is 9.89. The number of hydrogen-bond donors (Lipinski definition) is 2. The van der Waals surface area contributed by atoms with Gasteiger partial charge in [0, 0.05) is 43.3 Å². The van der Waals surface area contributed by atoms with Crippen LogP contribution in [0.15, 0.2) is 36.5 Å². The number of nitrogens with zero attached hydrogens (tertiary/aromatic N) is 3. The number of nitriles is 1. The molecule has 3 aromatic rings. The molecule has 0 bridgehead atoms. The predicted molar refractivity (Wildman–Crippen MR) is 123 cm³/mol. The molecule has 0 saturated carbocycles. The molecule has 2 N–H and O–H groups in total. The van der Waals surface area contributed by atoms with Crippen molar-refractivity contribution in [2.24, 2.45) is 0 Å². The van der Waals surface area contributed by atoms with E-state index in [-0.39, 0.29) is 6.10 Å². The van der Waals surface area contributed by atoms with Crippen molar-refractivity contribution in [2.75, 3.05) is 25.5 Å². The van der Waals surface area contributed by atoms with Crippen molar-refractivity contribution in [1.82, 2.24) is 9.88 Å². The van der Waals surface area contributed by atoms with Crippen LogP contribution in [0.2, 0.25) is 10.0 Å². The molecule has 0 unspecified atom stereocenters. The highest BCUT2D eigenvalue weighted by molar-refractivity contribution is 6.35. The van der Waals surface area contributed by atoms with Crippen LogP contribution in [0.4, 0.5) is 5.69 Å². The first kappa shape index (κ1) is 21.7. The number of benzene rings is 2. The standard InChI is InChI=1S/C23H22Cl2N4O2/c1-31-21-3-2-14(7-19(21)24)10-27-22-16(12-29-5-4-17(30)13-29)11-28-23-18(22)6-15(9-26)8-20(23)25/h2-3,6-8,11,17,30H,4-5,10,12-13H2,1H3,(H,27,28)/t17-/m1/s1. The van der Waals surface area contributed by atoms with E-state index < -0.39 is 0 Å². The first-order chi connectivity index (χ1) is 15.0. The lowest BCUT2D eigenvalue weighted by Gasteiger charge is -2.20. The van der Waals surface area contributed by atoms with Crippen molar-refractivity contribution in [2.45, 2.75) is 25.6 Å². The van der Waals surface area contributed by atoms with Crippen LogP contribution >= 0.6 is 23.2 Å². The Morgan fingerprint density at radius 3 is 2.81 bits per heavy atom. The highest BCUT2D eigenvalue weighted by Crippen LogP contribution is 2.33. The first-order valence-electron chi connectivity index (χ1n) is 9.96. The summed E-state index contributed by atoms with van der Waals surface area (Å²) in [7, 11) is 1.58. The van der Waals surface area contributed by atoms with Gasteiger partial charge in [0.25, 0.3) is 0 Å². The molecule has 160 valence electrons. The summed E-state index contributed by atoms with van der Waals surface area (Å²) in [6.45, 7) is 2.61. The zero-order chi connectivity index (χ0) is 22.0. The molecule has 1 aromatic heterocycles. The third-order valence-corrected chi connectivity index (χ3v) is 6.04. The van der Waals surface area contributed by atoms with Gasteiger partial charge in [-0.15, -0.1) is 0 Å². The summed E-state index contributed by atoms with van der Waals surface area (Å²) in [5, 5.41) is 24.6. The quantitative estimate of drug-likeness (QED) is 0.563. The lowest BCUT2D eigenvalue weighted by Crippen LogP contribution is -2.22. The number of fused-ring (bicyclic) bond motifs is 1. The molecule has 1 aliphatic heterocycles. The Morgan fingerprint density at radius 2 is 2.13 bits per heavy atom. The average molecular weight is 457 g/mol. The van der Waals surface area contributed by atoms with Crippen molar-refractivity contribution < 1.29 is 9.84 Å². The third kappa shape index (κ3) is 4.70. The fraction of sp³-hybridized carbons (Fsp3) is 0.304. The molecular formula is C23H22Cl2N4O2. The summed E-state index contributed by atoms with van der Waals surface area (Å²) in [5.41, 5.74) is 3.95. The molecule has 1 saturated heterocycles. The fourth-order valence-corrected chi connectivity index (χ4v) is 4.45. The van der Waals surface area contributed by atoms with Crippen LogP contribution < -0.4 is 10.1 Å². The van der Waals surface area contributed by atoms with E-state index in [1.54, 1.807) is 19.2 Å². The zero-order valence-electron chi connectivity index (χ0n) is 17.0. The average Bonchev–Trinajstić information content (AvgIpc) is 3.17. The summed E-state index contributed by atoms with van der Waals surface area (Å²) in [5.74, 6) is 0.624. The highest BCUT2D eigenvalue weighted by Gasteiger charge is 2.22. The van der Waals surface area contributed by atoms with Gasteiger partial charge in [0.15, 0.2) is 0 Å². The molecule has 0 spiro atoms. The zero-order valence-corrected chi connectivity index (χ0v) is 18.5. The minimum absolute atomic E-state index is 0.300. The van der Waals surface area contributed by atoms with Crippen LogP contribution in [0.3, 0.4) is 0 Å². The van der Waals surface area contributed by atoms with Crippen molar-refractivity contribution in [3.8, 4) is 11.8 Å². The molecule has 6 nitrogen and oxygen atoms in total. The Bertz CT molecular complexity index is 1160. The molecule has 0 aliphatic carbocycles. The SMILES string of the molecule is COc1ccc(CNc2c(CN3CC[C@@H](O)C3)cnc3c(Cl)cc(C#N)cc23)cc1Cl. The van der Waals surface area contributed by atoms with Gasteiger partial charge in [-0.05, 0) is 36.2 Å². The van der Waals surface area contributed by atoms with Gasteiger partial charge in [0.05, 0.1) is 46.1 Å². The van der Waals surface area contributed by atoms with Crippen LogP contribution in [0.1, 0.15) is 23.1 Å². The van der Waals surface area contributed by atoms with Crippen LogP contribution in [-0.4, -0.2) is 41.3 Å². The van der Waals surface area contributed by atoms with E-state index in [0.29, 0.717) is 46.5 Å². The molecule has 1 aliphatic rings. The lowest BCUT2D eigenvalue weighted by atomic mass is 10.1. The maximum absolute atomic E-state index is 9.89. The normalized spacial score (nSPS) is 16.4. The second-order valence-corrected chi connectivity index (χ2v) is 8.44. The minimum Gasteiger partial charge on any atom is -0.495 e. The molecule has 0 amide bonds. The smallest absolute Gasteiger partial charge is 0.137 e. The van der Waals surface area contributed by atoms with Crippen LogP contribution in [0.5, 0.6) is 5.75 Å². The Labute approximate surface area is 191 Å².